The van der Waals surface area contributed by atoms with Crippen molar-refractivity contribution in [2.75, 3.05) is 27.4 Å². The highest BCUT2D eigenvalue weighted by Crippen LogP contribution is 2.18. The van der Waals surface area contributed by atoms with Crippen LogP contribution < -0.4 is 9.47 Å². The summed E-state index contributed by atoms with van der Waals surface area (Å²) in [7, 11) is 3.17. The molecule has 0 aromatic heterocycles. The van der Waals surface area contributed by atoms with Gasteiger partial charge >= 0.3 is 0 Å². The molecule has 0 atom stereocenters. The molecule has 0 saturated heterocycles. The molecule has 102 valence electrons. The Kier molecular flexibility index (Phi) is 7.22. The number of hydrogen-bond donors (Lipinski definition) is 0. The van der Waals surface area contributed by atoms with E-state index in [1.54, 1.807) is 14.2 Å². The molecule has 1 aromatic rings. The largest absolute Gasteiger partial charge is 0.494 e. The van der Waals surface area contributed by atoms with E-state index in [-0.39, 0.29) is 6.29 Å². The third kappa shape index (κ3) is 5.38. The molecule has 0 N–H and O–H groups in total. The molecule has 0 bridgehead atoms. The molecule has 0 aliphatic rings. The van der Waals surface area contributed by atoms with Crippen LogP contribution in [0.4, 0.5) is 0 Å². The minimum Gasteiger partial charge on any atom is -0.494 e. The molecule has 0 aliphatic heterocycles. The van der Waals surface area contributed by atoms with Crippen LogP contribution >= 0.6 is 0 Å². The molecule has 0 fully saturated rings. The van der Waals surface area contributed by atoms with Crippen molar-refractivity contribution in [3.63, 3.8) is 0 Å². The van der Waals surface area contributed by atoms with E-state index in [0.29, 0.717) is 6.61 Å². The van der Waals surface area contributed by atoms with Gasteiger partial charge in [0, 0.05) is 14.2 Å². The molecule has 0 spiro atoms. The highest BCUT2D eigenvalue weighted by Gasteiger charge is 2.05. The van der Waals surface area contributed by atoms with Crippen molar-refractivity contribution in [1.82, 2.24) is 0 Å². The Morgan fingerprint density at radius 1 is 0.944 bits per heavy atom. The number of ether oxygens (including phenoxy) is 4. The first-order valence-electron chi connectivity index (χ1n) is 6.21. The van der Waals surface area contributed by atoms with Crippen molar-refractivity contribution >= 4 is 0 Å². The highest BCUT2D eigenvalue weighted by molar-refractivity contribution is 5.31. The van der Waals surface area contributed by atoms with Crippen molar-refractivity contribution in [2.45, 2.75) is 26.1 Å². The van der Waals surface area contributed by atoms with Gasteiger partial charge in [0.2, 0.25) is 0 Å². The zero-order valence-electron chi connectivity index (χ0n) is 11.3. The molecule has 4 nitrogen and oxygen atoms in total. The maximum Gasteiger partial charge on any atom is 0.191 e. The maximum atomic E-state index is 5.56. The minimum absolute atomic E-state index is 0.342. The summed E-state index contributed by atoms with van der Waals surface area (Å²) in [6, 6.07) is 7.56. The molecule has 0 aliphatic carbocycles. The van der Waals surface area contributed by atoms with Crippen molar-refractivity contribution in [2.24, 2.45) is 0 Å². The highest BCUT2D eigenvalue weighted by atomic mass is 16.7. The fraction of sp³-hybridized carbons (Fsp3) is 0.571. The fourth-order valence-corrected chi connectivity index (χ4v) is 1.36. The first-order valence-corrected chi connectivity index (χ1v) is 6.21. The number of unbranched alkanes of at least 4 members (excludes halogenated alkanes) is 1. The molecule has 1 rings (SSSR count). The van der Waals surface area contributed by atoms with Crippen LogP contribution in [0.1, 0.15) is 19.8 Å². The van der Waals surface area contributed by atoms with Gasteiger partial charge in [-0.15, -0.1) is 0 Å². The molecular weight excluding hydrogens is 232 g/mol. The maximum absolute atomic E-state index is 5.56. The predicted molar refractivity (Wildman–Crippen MR) is 70.1 cm³/mol. The zero-order chi connectivity index (χ0) is 13.2. The van der Waals surface area contributed by atoms with E-state index in [1.165, 1.54) is 0 Å². The van der Waals surface area contributed by atoms with Gasteiger partial charge in [0.05, 0.1) is 6.61 Å². The molecule has 0 radical (unpaired) electrons. The van der Waals surface area contributed by atoms with Gasteiger partial charge in [0.25, 0.3) is 0 Å². The molecule has 0 heterocycles. The topological polar surface area (TPSA) is 36.9 Å². The number of methoxy groups -OCH3 is 2. The SMILES string of the molecule is CCCCOc1ccc(OCC(OC)OC)cc1. The predicted octanol–water partition coefficient (Wildman–Crippen LogP) is 2.86. The third-order valence-corrected chi connectivity index (χ3v) is 2.50. The van der Waals surface area contributed by atoms with E-state index in [1.807, 2.05) is 24.3 Å². The van der Waals surface area contributed by atoms with Gasteiger partial charge in [-0.1, -0.05) is 13.3 Å². The lowest BCUT2D eigenvalue weighted by Crippen LogP contribution is -2.21. The van der Waals surface area contributed by atoms with Crippen molar-refractivity contribution < 1.29 is 18.9 Å². The number of hydrogen-bond acceptors (Lipinski definition) is 4. The molecule has 18 heavy (non-hydrogen) atoms. The summed E-state index contributed by atoms with van der Waals surface area (Å²) in [6.45, 7) is 3.26. The Balaban J connectivity index is 2.35. The molecule has 0 unspecified atom stereocenters. The van der Waals surface area contributed by atoms with Crippen LogP contribution in [0.3, 0.4) is 0 Å². The normalized spacial score (nSPS) is 10.7. The summed E-state index contributed by atoms with van der Waals surface area (Å²) in [5.41, 5.74) is 0. The van der Waals surface area contributed by atoms with E-state index in [9.17, 15) is 0 Å². The molecule has 0 amide bonds. The first kappa shape index (κ1) is 14.8. The Morgan fingerprint density at radius 3 is 2.00 bits per heavy atom. The standard InChI is InChI=1S/C14H22O4/c1-4-5-10-17-12-6-8-13(9-7-12)18-11-14(15-2)16-3/h6-9,14H,4-5,10-11H2,1-3H3. The Labute approximate surface area is 109 Å². The van der Waals surface area contributed by atoms with Crippen LogP contribution in [0, 0.1) is 0 Å². The average Bonchev–Trinajstić information content (AvgIpc) is 2.42. The summed E-state index contributed by atoms with van der Waals surface area (Å²) < 4.78 is 21.2. The molecular formula is C14H22O4. The minimum atomic E-state index is -0.342. The van der Waals surface area contributed by atoms with Crippen LogP contribution in [-0.2, 0) is 9.47 Å². The van der Waals surface area contributed by atoms with Crippen molar-refractivity contribution in [3.8, 4) is 11.5 Å². The molecule has 1 aromatic carbocycles. The van der Waals surface area contributed by atoms with Gasteiger partial charge in [-0.05, 0) is 30.7 Å². The summed E-state index contributed by atoms with van der Waals surface area (Å²) >= 11 is 0. The Bertz CT molecular complexity index is 306. The van der Waals surface area contributed by atoms with Gasteiger partial charge in [0.1, 0.15) is 18.1 Å². The van der Waals surface area contributed by atoms with E-state index in [2.05, 4.69) is 6.92 Å². The second-order valence-corrected chi connectivity index (χ2v) is 3.89. The third-order valence-electron chi connectivity index (χ3n) is 2.50. The molecule has 0 saturated carbocycles. The van der Waals surface area contributed by atoms with Crippen LogP contribution in [0.15, 0.2) is 24.3 Å². The lowest BCUT2D eigenvalue weighted by atomic mass is 10.3. The zero-order valence-corrected chi connectivity index (χ0v) is 11.3. The van der Waals surface area contributed by atoms with Crippen LogP contribution in [0.2, 0.25) is 0 Å². The van der Waals surface area contributed by atoms with Gasteiger partial charge in [-0.2, -0.15) is 0 Å². The summed E-state index contributed by atoms with van der Waals surface area (Å²) in [4.78, 5) is 0. The van der Waals surface area contributed by atoms with Crippen LogP contribution in [-0.4, -0.2) is 33.7 Å². The lowest BCUT2D eigenvalue weighted by molar-refractivity contribution is -0.121. The van der Waals surface area contributed by atoms with E-state index < -0.39 is 0 Å². The van der Waals surface area contributed by atoms with Gasteiger partial charge < -0.3 is 18.9 Å². The molecule has 4 heteroatoms. The van der Waals surface area contributed by atoms with Crippen molar-refractivity contribution in [3.05, 3.63) is 24.3 Å². The Morgan fingerprint density at radius 2 is 1.50 bits per heavy atom. The smallest absolute Gasteiger partial charge is 0.191 e. The summed E-state index contributed by atoms with van der Waals surface area (Å²) in [5, 5.41) is 0. The van der Waals surface area contributed by atoms with Crippen LogP contribution in [0.25, 0.3) is 0 Å². The quantitative estimate of drug-likeness (QED) is 0.501. The Hall–Kier alpha value is -1.26. The fourth-order valence-electron chi connectivity index (χ4n) is 1.36. The van der Waals surface area contributed by atoms with E-state index in [4.69, 9.17) is 18.9 Å². The second kappa shape index (κ2) is 8.78. The average molecular weight is 254 g/mol. The van der Waals surface area contributed by atoms with Crippen LogP contribution in [0.5, 0.6) is 11.5 Å². The monoisotopic (exact) mass is 254 g/mol. The number of rotatable bonds is 9. The lowest BCUT2D eigenvalue weighted by Gasteiger charge is -2.14. The summed E-state index contributed by atoms with van der Waals surface area (Å²) in [5.74, 6) is 1.64. The van der Waals surface area contributed by atoms with Gasteiger partial charge in [-0.3, -0.25) is 0 Å². The van der Waals surface area contributed by atoms with E-state index in [0.717, 1.165) is 30.9 Å². The van der Waals surface area contributed by atoms with Gasteiger partial charge in [0.15, 0.2) is 6.29 Å². The summed E-state index contributed by atoms with van der Waals surface area (Å²) in [6.07, 6.45) is 1.86. The van der Waals surface area contributed by atoms with Crippen molar-refractivity contribution in [1.29, 1.82) is 0 Å². The second-order valence-electron chi connectivity index (χ2n) is 3.89. The van der Waals surface area contributed by atoms with E-state index >= 15 is 0 Å². The first-order chi connectivity index (χ1) is 8.80. The van der Waals surface area contributed by atoms with Gasteiger partial charge in [-0.25, -0.2) is 0 Å². The number of benzene rings is 1.